The maximum absolute atomic E-state index is 13.7. The Morgan fingerprint density at radius 3 is 2.46 bits per heavy atom. The van der Waals surface area contributed by atoms with Gasteiger partial charge >= 0.3 is 5.97 Å². The lowest BCUT2D eigenvalue weighted by atomic mass is 10.1. The summed E-state index contributed by atoms with van der Waals surface area (Å²) in [4.78, 5) is 34.0. The zero-order chi connectivity index (χ0) is 20.3. The molecule has 0 saturated carbocycles. The maximum atomic E-state index is 13.7. The second-order valence-corrected chi connectivity index (χ2v) is 5.76. The molecular weight excluding hydrogens is 371 g/mol. The first-order chi connectivity index (χ1) is 13.3. The largest absolute Gasteiger partial charge is 0.507 e. The van der Waals surface area contributed by atoms with E-state index in [1.54, 1.807) is 24.3 Å². The summed E-state index contributed by atoms with van der Waals surface area (Å²) in [6.07, 6.45) is 0. The van der Waals surface area contributed by atoms with Gasteiger partial charge in [-0.1, -0.05) is 24.3 Å². The lowest BCUT2D eigenvalue weighted by molar-refractivity contribution is -0.384. The van der Waals surface area contributed by atoms with Crippen LogP contribution < -0.4 is 5.32 Å². The number of hydrogen-bond acceptors (Lipinski definition) is 6. The van der Waals surface area contributed by atoms with Crippen LogP contribution in [0.25, 0.3) is 10.8 Å². The van der Waals surface area contributed by atoms with Crippen LogP contribution in [-0.4, -0.2) is 28.5 Å². The lowest BCUT2D eigenvalue weighted by Crippen LogP contribution is -2.21. The molecule has 0 heterocycles. The number of nitro groups is 1. The van der Waals surface area contributed by atoms with Gasteiger partial charge in [-0.05, 0) is 29.0 Å². The van der Waals surface area contributed by atoms with Crippen LogP contribution in [-0.2, 0) is 9.53 Å². The van der Waals surface area contributed by atoms with E-state index in [-0.39, 0.29) is 11.3 Å². The normalized spacial score (nSPS) is 10.5. The minimum absolute atomic E-state index is 0.131. The number of esters is 1. The van der Waals surface area contributed by atoms with Gasteiger partial charge in [0.15, 0.2) is 6.61 Å². The van der Waals surface area contributed by atoms with Crippen LogP contribution in [0.3, 0.4) is 0 Å². The Bertz CT molecular complexity index is 1100. The number of anilines is 1. The lowest BCUT2D eigenvalue weighted by Gasteiger charge is -2.09. The van der Waals surface area contributed by atoms with E-state index in [4.69, 9.17) is 4.74 Å². The van der Waals surface area contributed by atoms with Crippen LogP contribution in [0.4, 0.5) is 15.8 Å². The van der Waals surface area contributed by atoms with Crippen molar-refractivity contribution in [3.63, 3.8) is 0 Å². The fourth-order valence-electron chi connectivity index (χ4n) is 2.51. The number of phenols is 1. The van der Waals surface area contributed by atoms with Crippen LogP contribution in [0.15, 0.2) is 54.6 Å². The summed E-state index contributed by atoms with van der Waals surface area (Å²) < 4.78 is 18.5. The molecule has 0 atom stereocenters. The van der Waals surface area contributed by atoms with Crippen LogP contribution in [0, 0.1) is 15.9 Å². The molecule has 2 N–H and O–H groups in total. The fraction of sp³-hybridized carbons (Fsp3) is 0.0526. The molecule has 0 saturated heterocycles. The second kappa shape index (κ2) is 7.70. The Morgan fingerprint density at radius 1 is 1.11 bits per heavy atom. The van der Waals surface area contributed by atoms with Gasteiger partial charge in [0, 0.05) is 12.1 Å². The number of rotatable bonds is 5. The van der Waals surface area contributed by atoms with Crippen molar-refractivity contribution in [2.24, 2.45) is 0 Å². The highest BCUT2D eigenvalue weighted by Gasteiger charge is 2.17. The summed E-state index contributed by atoms with van der Waals surface area (Å²) >= 11 is 0. The van der Waals surface area contributed by atoms with Gasteiger partial charge in [-0.3, -0.25) is 14.9 Å². The van der Waals surface area contributed by atoms with E-state index >= 15 is 0 Å². The van der Waals surface area contributed by atoms with E-state index in [2.05, 4.69) is 5.32 Å². The van der Waals surface area contributed by atoms with Crippen molar-refractivity contribution in [1.29, 1.82) is 0 Å². The van der Waals surface area contributed by atoms with Crippen LogP contribution in [0.2, 0.25) is 0 Å². The molecular formula is C19H13FN2O6. The van der Waals surface area contributed by atoms with Gasteiger partial charge in [0.05, 0.1) is 10.6 Å². The molecule has 3 aromatic rings. The summed E-state index contributed by atoms with van der Waals surface area (Å²) in [7, 11) is 0. The summed E-state index contributed by atoms with van der Waals surface area (Å²) in [5.74, 6) is -3.03. The molecule has 0 aromatic heterocycles. The van der Waals surface area contributed by atoms with Crippen LogP contribution in [0.1, 0.15) is 10.4 Å². The Labute approximate surface area is 157 Å². The van der Waals surface area contributed by atoms with Gasteiger partial charge in [0.1, 0.15) is 17.1 Å². The van der Waals surface area contributed by atoms with Crippen LogP contribution in [0.5, 0.6) is 5.75 Å². The topological polar surface area (TPSA) is 119 Å². The zero-order valence-corrected chi connectivity index (χ0v) is 14.2. The van der Waals surface area contributed by atoms with Crippen molar-refractivity contribution in [1.82, 2.24) is 0 Å². The third-order valence-corrected chi connectivity index (χ3v) is 3.85. The molecule has 0 spiro atoms. The number of nitrogens with zero attached hydrogens (tertiary/aromatic N) is 1. The molecule has 0 bridgehead atoms. The third kappa shape index (κ3) is 4.04. The quantitative estimate of drug-likeness (QED) is 0.395. The van der Waals surface area contributed by atoms with Gasteiger partial charge in [0.25, 0.3) is 11.6 Å². The number of halogens is 1. The summed E-state index contributed by atoms with van der Waals surface area (Å²) in [5.41, 5.74) is -0.952. The molecule has 142 valence electrons. The number of non-ortho nitro benzene ring substituents is 1. The van der Waals surface area contributed by atoms with E-state index in [1.165, 1.54) is 12.1 Å². The Kier molecular flexibility index (Phi) is 5.16. The van der Waals surface area contributed by atoms with Crippen molar-refractivity contribution in [2.45, 2.75) is 0 Å². The zero-order valence-electron chi connectivity index (χ0n) is 14.2. The smallest absolute Gasteiger partial charge is 0.342 e. The number of phenolic OH excluding ortho intramolecular Hbond substituents is 1. The number of nitrogens with one attached hydrogen (secondary N) is 1. The molecule has 28 heavy (non-hydrogen) atoms. The number of ether oxygens (including phenoxy) is 1. The Balaban J connectivity index is 1.68. The summed E-state index contributed by atoms with van der Waals surface area (Å²) in [6.45, 7) is -0.771. The number of amides is 1. The number of fused-ring (bicyclic) bond motifs is 1. The molecule has 0 radical (unpaired) electrons. The van der Waals surface area contributed by atoms with Crippen molar-refractivity contribution in [3.05, 3.63) is 76.1 Å². The minimum atomic E-state index is -0.946. The molecule has 0 fully saturated rings. The molecule has 9 heteroatoms. The highest BCUT2D eigenvalue weighted by Crippen LogP contribution is 2.26. The summed E-state index contributed by atoms with van der Waals surface area (Å²) in [5, 5.41) is 24.2. The maximum Gasteiger partial charge on any atom is 0.342 e. The fourth-order valence-corrected chi connectivity index (χ4v) is 2.51. The van der Waals surface area contributed by atoms with Crippen molar-refractivity contribution < 1.29 is 28.7 Å². The van der Waals surface area contributed by atoms with Gasteiger partial charge < -0.3 is 15.2 Å². The van der Waals surface area contributed by atoms with Crippen molar-refractivity contribution >= 4 is 34.0 Å². The molecule has 0 aliphatic heterocycles. The van der Waals surface area contributed by atoms with Crippen LogP contribution >= 0.6 is 0 Å². The summed E-state index contributed by atoms with van der Waals surface area (Å²) in [6, 6.07) is 12.5. The molecule has 0 aliphatic carbocycles. The van der Waals surface area contributed by atoms with Gasteiger partial charge in [-0.15, -0.1) is 0 Å². The predicted molar refractivity (Wildman–Crippen MR) is 97.6 cm³/mol. The molecule has 0 unspecified atom stereocenters. The molecule has 8 nitrogen and oxygen atoms in total. The standard InChI is InChI=1S/C19H13FN2O6/c20-15-6-5-13(22(26)27)9-16(15)21-18(24)10-28-19(25)14-7-11-3-1-2-4-12(11)8-17(14)23/h1-9,23H,10H2,(H,21,24). The molecule has 0 aliphatic rings. The average Bonchev–Trinajstić information content (AvgIpc) is 2.67. The first kappa shape index (κ1) is 18.8. The van der Waals surface area contributed by atoms with Gasteiger partial charge in [-0.2, -0.15) is 0 Å². The SMILES string of the molecule is O=C(COC(=O)c1cc2ccccc2cc1O)Nc1cc([N+](=O)[O-])ccc1F. The number of benzene rings is 3. The van der Waals surface area contributed by atoms with Crippen molar-refractivity contribution in [2.75, 3.05) is 11.9 Å². The average molecular weight is 384 g/mol. The number of nitro benzene ring substituents is 1. The molecule has 1 amide bonds. The number of carbonyl (C=O) groups excluding carboxylic acids is 2. The van der Waals surface area contributed by atoms with E-state index in [0.717, 1.165) is 23.6 Å². The van der Waals surface area contributed by atoms with E-state index in [0.29, 0.717) is 5.39 Å². The Morgan fingerprint density at radius 2 is 1.79 bits per heavy atom. The van der Waals surface area contributed by atoms with Gasteiger partial charge in [-0.25, -0.2) is 9.18 Å². The first-order valence-electron chi connectivity index (χ1n) is 7.98. The van der Waals surface area contributed by atoms with Crippen molar-refractivity contribution in [3.8, 4) is 5.75 Å². The molecule has 3 rings (SSSR count). The Hall–Kier alpha value is -4.01. The number of carbonyl (C=O) groups is 2. The predicted octanol–water partition coefficient (Wildman–Crippen LogP) is 3.39. The number of aromatic hydroxyl groups is 1. The van der Waals surface area contributed by atoms with E-state index in [1.807, 2.05) is 0 Å². The first-order valence-corrected chi connectivity index (χ1v) is 7.98. The third-order valence-electron chi connectivity index (χ3n) is 3.85. The highest BCUT2D eigenvalue weighted by molar-refractivity contribution is 6.00. The number of hydrogen-bond donors (Lipinski definition) is 2. The van der Waals surface area contributed by atoms with E-state index in [9.17, 15) is 29.2 Å². The highest BCUT2D eigenvalue weighted by atomic mass is 19.1. The van der Waals surface area contributed by atoms with Gasteiger partial charge in [0.2, 0.25) is 0 Å². The second-order valence-electron chi connectivity index (χ2n) is 5.76. The van der Waals surface area contributed by atoms with E-state index < -0.39 is 40.6 Å². The molecule has 3 aromatic carbocycles. The monoisotopic (exact) mass is 384 g/mol. The minimum Gasteiger partial charge on any atom is -0.507 e.